The molecule has 11 aromatic rings. The molecule has 0 N–H and O–H groups in total. The van der Waals surface area contributed by atoms with Crippen molar-refractivity contribution in [1.82, 2.24) is 9.97 Å². The van der Waals surface area contributed by atoms with E-state index in [1.54, 1.807) is 0 Å². The van der Waals surface area contributed by atoms with Crippen molar-refractivity contribution in [3.8, 4) is 56.2 Å². The number of para-hydroxylation sites is 2. The molecule has 0 radical (unpaired) electrons. The molecule has 1 aliphatic rings. The fraction of sp³-hybridized carbons (Fsp3) is 0.0175. The summed E-state index contributed by atoms with van der Waals surface area (Å²) in [6.45, 7) is 0. The first kappa shape index (κ1) is 34.2. The number of fused-ring (bicyclic) bond motifs is 7. The van der Waals surface area contributed by atoms with E-state index in [9.17, 15) is 0 Å². The predicted octanol–water partition coefficient (Wildman–Crippen LogP) is 14.6. The van der Waals surface area contributed by atoms with Crippen molar-refractivity contribution in [1.29, 1.82) is 0 Å². The van der Waals surface area contributed by atoms with Crippen molar-refractivity contribution in [2.75, 3.05) is 0 Å². The van der Waals surface area contributed by atoms with Crippen LogP contribution in [0.5, 0.6) is 0 Å². The van der Waals surface area contributed by atoms with Gasteiger partial charge in [-0.3, -0.25) is 0 Å². The van der Waals surface area contributed by atoms with Gasteiger partial charge in [0.1, 0.15) is 11.2 Å². The summed E-state index contributed by atoms with van der Waals surface area (Å²) in [7, 11) is 0. The Bertz CT molecular complexity index is 3380. The Balaban J connectivity index is 1.04. The third-order valence-corrected chi connectivity index (χ3v) is 12.4. The molecule has 0 spiro atoms. The van der Waals surface area contributed by atoms with E-state index in [2.05, 4.69) is 206 Å². The lowest BCUT2D eigenvalue weighted by Crippen LogP contribution is -2.28. The molecule has 1 aliphatic carbocycles. The first-order valence-corrected chi connectivity index (χ1v) is 20.5. The van der Waals surface area contributed by atoms with Crippen LogP contribution >= 0.6 is 0 Å². The molecule has 60 heavy (non-hydrogen) atoms. The quantitative estimate of drug-likeness (QED) is 0.169. The average molecular weight is 765 g/mol. The Labute approximate surface area is 347 Å². The van der Waals surface area contributed by atoms with Crippen molar-refractivity contribution in [3.05, 3.63) is 241 Å². The zero-order valence-corrected chi connectivity index (χ0v) is 32.6. The summed E-state index contributed by atoms with van der Waals surface area (Å²) in [6, 6.07) is 78.1. The number of hydrogen-bond acceptors (Lipinski definition) is 3. The number of nitrogens with zero attached hydrogens (tertiary/aromatic N) is 2. The minimum Gasteiger partial charge on any atom is -0.455 e. The van der Waals surface area contributed by atoms with Gasteiger partial charge in [0.25, 0.3) is 0 Å². The van der Waals surface area contributed by atoms with Gasteiger partial charge in [-0.25, -0.2) is 9.97 Å². The van der Waals surface area contributed by atoms with E-state index in [0.29, 0.717) is 5.82 Å². The van der Waals surface area contributed by atoms with Crippen LogP contribution in [0.15, 0.2) is 223 Å². The molecule has 2 aromatic heterocycles. The minimum atomic E-state index is -0.514. The highest BCUT2D eigenvalue weighted by Gasteiger charge is 2.46. The molecule has 12 rings (SSSR count). The maximum atomic E-state index is 6.42. The van der Waals surface area contributed by atoms with Crippen molar-refractivity contribution in [2.24, 2.45) is 0 Å². The van der Waals surface area contributed by atoms with Gasteiger partial charge in [-0.05, 0) is 74.0 Å². The number of benzene rings is 9. The Kier molecular flexibility index (Phi) is 7.76. The van der Waals surface area contributed by atoms with Crippen LogP contribution < -0.4 is 0 Å². The van der Waals surface area contributed by atoms with Gasteiger partial charge < -0.3 is 4.42 Å². The van der Waals surface area contributed by atoms with Crippen molar-refractivity contribution >= 4 is 32.7 Å². The molecule has 0 bridgehead atoms. The first-order chi connectivity index (χ1) is 29.7. The molecule has 3 heteroatoms. The summed E-state index contributed by atoms with van der Waals surface area (Å²) in [4.78, 5) is 10.7. The second kappa shape index (κ2) is 13.6. The van der Waals surface area contributed by atoms with Gasteiger partial charge in [0.05, 0.1) is 16.8 Å². The van der Waals surface area contributed by atoms with Crippen LogP contribution in [-0.2, 0) is 5.41 Å². The van der Waals surface area contributed by atoms with E-state index in [1.165, 1.54) is 38.8 Å². The van der Waals surface area contributed by atoms with Crippen LogP contribution in [0.3, 0.4) is 0 Å². The molecule has 0 aliphatic heterocycles. The monoisotopic (exact) mass is 764 g/mol. The molecule has 0 fully saturated rings. The molecule has 0 atom stereocenters. The molecule has 0 saturated carbocycles. The highest BCUT2D eigenvalue weighted by molar-refractivity contribution is 6.09. The Morgan fingerprint density at radius 3 is 1.73 bits per heavy atom. The smallest absolute Gasteiger partial charge is 0.160 e. The molecular weight excluding hydrogens is 729 g/mol. The van der Waals surface area contributed by atoms with Gasteiger partial charge in [0.15, 0.2) is 5.82 Å². The van der Waals surface area contributed by atoms with Gasteiger partial charge >= 0.3 is 0 Å². The third kappa shape index (κ3) is 5.30. The van der Waals surface area contributed by atoms with Gasteiger partial charge in [0, 0.05) is 33.0 Å². The highest BCUT2D eigenvalue weighted by Crippen LogP contribution is 2.56. The Morgan fingerprint density at radius 1 is 0.350 bits per heavy atom. The van der Waals surface area contributed by atoms with Gasteiger partial charge in [-0.1, -0.05) is 194 Å². The molecule has 280 valence electrons. The Morgan fingerprint density at radius 2 is 0.933 bits per heavy atom. The summed E-state index contributed by atoms with van der Waals surface area (Å²) in [5, 5.41) is 4.58. The normalized spacial score (nSPS) is 12.8. The van der Waals surface area contributed by atoms with E-state index < -0.39 is 5.41 Å². The molecule has 3 nitrogen and oxygen atoms in total. The number of rotatable bonds is 6. The van der Waals surface area contributed by atoms with Crippen LogP contribution in [0.25, 0.3) is 88.9 Å². The van der Waals surface area contributed by atoms with Crippen LogP contribution in [0.4, 0.5) is 0 Å². The SMILES string of the molecule is c1ccc(C2(c3ccccc3)c3ccccc3-c3ccc(-c4cc(-c5ccc(-c6cccc7c6oc6ccccc67)cc5)nc(-c5ccc6ccccc6c5)n4)cc32)cc1. The van der Waals surface area contributed by atoms with E-state index in [4.69, 9.17) is 14.4 Å². The first-order valence-electron chi connectivity index (χ1n) is 20.5. The topological polar surface area (TPSA) is 38.9 Å². The minimum absolute atomic E-state index is 0.514. The van der Waals surface area contributed by atoms with Crippen molar-refractivity contribution in [3.63, 3.8) is 0 Å². The molecule has 0 amide bonds. The number of hydrogen-bond donors (Lipinski definition) is 0. The maximum Gasteiger partial charge on any atom is 0.160 e. The lowest BCUT2D eigenvalue weighted by atomic mass is 9.67. The predicted molar refractivity (Wildman–Crippen MR) is 246 cm³/mol. The van der Waals surface area contributed by atoms with Gasteiger partial charge in [-0.15, -0.1) is 0 Å². The van der Waals surface area contributed by atoms with Crippen LogP contribution in [0, 0.1) is 0 Å². The fourth-order valence-corrected chi connectivity index (χ4v) is 9.60. The fourth-order valence-electron chi connectivity index (χ4n) is 9.60. The summed E-state index contributed by atoms with van der Waals surface area (Å²) >= 11 is 0. The lowest BCUT2D eigenvalue weighted by Gasteiger charge is -2.34. The molecular formula is C57H36N2O. The second-order valence-corrected chi connectivity index (χ2v) is 15.7. The summed E-state index contributed by atoms with van der Waals surface area (Å²) in [5.41, 5.74) is 15.7. The lowest BCUT2D eigenvalue weighted by molar-refractivity contribution is 0.670. The summed E-state index contributed by atoms with van der Waals surface area (Å²) in [6.07, 6.45) is 0. The van der Waals surface area contributed by atoms with Gasteiger partial charge in [-0.2, -0.15) is 0 Å². The average Bonchev–Trinajstić information content (AvgIpc) is 3.86. The van der Waals surface area contributed by atoms with E-state index >= 15 is 0 Å². The summed E-state index contributed by atoms with van der Waals surface area (Å²) < 4.78 is 6.42. The van der Waals surface area contributed by atoms with E-state index in [1.807, 2.05) is 12.1 Å². The maximum absolute atomic E-state index is 6.42. The standard InChI is InChI=1S/C57H36N2O/c1-3-16-43(17-4-1)57(44-18-5-2-6-19-44)50-24-11-9-20-46(50)47-33-32-41(35-51(47)57)53-36-52(58-56(59-53)42-31-26-37-14-7-8-15-40(37)34-42)39-29-27-38(28-30-39)45-22-13-23-49-48-21-10-12-25-54(48)60-55(45)49/h1-36H. The zero-order valence-electron chi connectivity index (χ0n) is 32.6. The van der Waals surface area contributed by atoms with Crippen LogP contribution in [-0.4, -0.2) is 9.97 Å². The van der Waals surface area contributed by atoms with Crippen LogP contribution in [0.2, 0.25) is 0 Å². The number of aromatic nitrogens is 2. The largest absolute Gasteiger partial charge is 0.455 e. The number of furan rings is 1. The van der Waals surface area contributed by atoms with Crippen molar-refractivity contribution in [2.45, 2.75) is 5.41 Å². The molecule has 0 saturated heterocycles. The Hall–Kier alpha value is -7.88. The van der Waals surface area contributed by atoms with E-state index in [-0.39, 0.29) is 0 Å². The van der Waals surface area contributed by atoms with Crippen molar-refractivity contribution < 1.29 is 4.42 Å². The highest BCUT2D eigenvalue weighted by atomic mass is 16.3. The van der Waals surface area contributed by atoms with Gasteiger partial charge in [0.2, 0.25) is 0 Å². The zero-order chi connectivity index (χ0) is 39.6. The summed E-state index contributed by atoms with van der Waals surface area (Å²) in [5.74, 6) is 0.686. The second-order valence-electron chi connectivity index (χ2n) is 15.7. The molecule has 9 aromatic carbocycles. The molecule has 2 heterocycles. The van der Waals surface area contributed by atoms with Crippen LogP contribution in [0.1, 0.15) is 22.3 Å². The molecule has 0 unspecified atom stereocenters. The third-order valence-electron chi connectivity index (χ3n) is 12.4. The van der Waals surface area contributed by atoms with E-state index in [0.717, 1.165) is 66.5 Å².